The summed E-state index contributed by atoms with van der Waals surface area (Å²) in [5, 5.41) is 2.83. The molecule has 1 N–H and O–H groups in total. The van der Waals surface area contributed by atoms with Crippen LogP contribution in [0.15, 0.2) is 48.5 Å². The van der Waals surface area contributed by atoms with E-state index in [1.807, 2.05) is 45.0 Å². The molecule has 2 aromatic rings. The third-order valence-electron chi connectivity index (χ3n) is 5.74. The molecule has 0 aliphatic heterocycles. The van der Waals surface area contributed by atoms with Gasteiger partial charge in [0.25, 0.3) is 0 Å². The van der Waals surface area contributed by atoms with Crippen LogP contribution in [0.5, 0.6) is 5.75 Å². The Bertz CT molecular complexity index is 1100. The van der Waals surface area contributed by atoms with E-state index in [4.69, 9.17) is 4.74 Å². The van der Waals surface area contributed by atoms with Crippen molar-refractivity contribution in [3.05, 3.63) is 59.7 Å². The smallest absolute Gasteiger partial charge is 0.244 e. The summed E-state index contributed by atoms with van der Waals surface area (Å²) in [5.41, 5.74) is 2.08. The maximum absolute atomic E-state index is 13.6. The molecule has 0 radical (unpaired) electrons. The minimum absolute atomic E-state index is 0.0553. The number of carbonyl (C=O) groups is 2. The molecule has 1 atom stereocenters. The van der Waals surface area contributed by atoms with E-state index in [0.717, 1.165) is 28.1 Å². The van der Waals surface area contributed by atoms with Crippen molar-refractivity contribution < 1.29 is 22.7 Å². The maximum Gasteiger partial charge on any atom is 0.244 e. The van der Waals surface area contributed by atoms with E-state index < -0.39 is 28.5 Å². The van der Waals surface area contributed by atoms with E-state index >= 15 is 0 Å². The highest BCUT2D eigenvalue weighted by Gasteiger charge is 2.31. The van der Waals surface area contributed by atoms with Crippen molar-refractivity contribution in [3.63, 3.8) is 0 Å². The zero-order valence-corrected chi connectivity index (χ0v) is 22.3. The lowest BCUT2D eigenvalue weighted by atomic mass is 10.0. The van der Waals surface area contributed by atoms with Crippen LogP contribution >= 0.6 is 0 Å². The number of sulfonamides is 1. The minimum Gasteiger partial charge on any atom is -0.497 e. The number of hydrogen-bond acceptors (Lipinski definition) is 5. The minimum atomic E-state index is -3.78. The Hall–Kier alpha value is -3.07. The Morgan fingerprint density at radius 3 is 2.20 bits per heavy atom. The number of hydrogen-bond donors (Lipinski definition) is 1. The van der Waals surface area contributed by atoms with Gasteiger partial charge < -0.3 is 15.0 Å². The fraction of sp³-hybridized carbons (Fsp3) is 0.462. The lowest BCUT2D eigenvalue weighted by Crippen LogP contribution is -2.51. The van der Waals surface area contributed by atoms with Crippen molar-refractivity contribution in [2.24, 2.45) is 0 Å². The number of carbonyl (C=O) groups excluding carboxylic acids is 2. The first-order valence-corrected chi connectivity index (χ1v) is 13.6. The van der Waals surface area contributed by atoms with Gasteiger partial charge in [-0.25, -0.2) is 8.42 Å². The summed E-state index contributed by atoms with van der Waals surface area (Å²) in [7, 11) is -2.21. The number of amides is 2. The van der Waals surface area contributed by atoms with Gasteiger partial charge in [-0.1, -0.05) is 51.1 Å². The van der Waals surface area contributed by atoms with Crippen LogP contribution in [0.1, 0.15) is 51.2 Å². The van der Waals surface area contributed by atoms with Crippen molar-refractivity contribution in [2.75, 3.05) is 30.8 Å². The first kappa shape index (κ1) is 28.2. The topological polar surface area (TPSA) is 96.0 Å². The summed E-state index contributed by atoms with van der Waals surface area (Å²) in [6.45, 7) is 7.76. The molecule has 9 heteroatoms. The zero-order valence-electron chi connectivity index (χ0n) is 21.4. The van der Waals surface area contributed by atoms with Gasteiger partial charge in [0.15, 0.2) is 0 Å². The molecule has 0 bridgehead atoms. The number of nitrogens with zero attached hydrogens (tertiary/aromatic N) is 2. The summed E-state index contributed by atoms with van der Waals surface area (Å²) in [4.78, 5) is 27.8. The van der Waals surface area contributed by atoms with Gasteiger partial charge in [0, 0.05) is 13.1 Å². The fourth-order valence-corrected chi connectivity index (χ4v) is 4.57. The maximum atomic E-state index is 13.6. The molecule has 0 aliphatic carbocycles. The summed E-state index contributed by atoms with van der Waals surface area (Å²) in [6, 6.07) is 13.6. The molecule has 0 spiro atoms. The van der Waals surface area contributed by atoms with E-state index in [-0.39, 0.29) is 18.4 Å². The van der Waals surface area contributed by atoms with E-state index in [1.165, 1.54) is 4.90 Å². The Morgan fingerprint density at radius 2 is 1.66 bits per heavy atom. The monoisotopic (exact) mass is 503 g/mol. The second-order valence-corrected chi connectivity index (χ2v) is 10.7. The number of methoxy groups -OCH3 is 1. The lowest BCUT2D eigenvalue weighted by molar-refractivity contribution is -0.139. The standard InChI is InChI=1S/C26H37N3O5S/c1-7-16-27-26(31)20(4)28(17-21-12-14-22(34-5)15-13-21)25(30)18-29(35(6,32)33)24-11-9-8-10-23(24)19(2)3/h8-15,19-20H,7,16-18H2,1-6H3,(H,27,31). The Kier molecular flexibility index (Phi) is 10.1. The van der Waals surface area contributed by atoms with Crippen LogP contribution in [0.2, 0.25) is 0 Å². The molecule has 0 fully saturated rings. The molecule has 192 valence electrons. The molecule has 0 heterocycles. The third kappa shape index (κ3) is 7.71. The molecule has 2 rings (SSSR count). The summed E-state index contributed by atoms with van der Waals surface area (Å²) < 4.78 is 31.9. The molecule has 0 saturated heterocycles. The highest BCUT2D eigenvalue weighted by atomic mass is 32.2. The Balaban J connectivity index is 2.43. The number of nitrogens with one attached hydrogen (secondary N) is 1. The summed E-state index contributed by atoms with van der Waals surface area (Å²) >= 11 is 0. The number of para-hydroxylation sites is 1. The van der Waals surface area contributed by atoms with Gasteiger partial charge in [0.05, 0.1) is 19.1 Å². The molecule has 0 aromatic heterocycles. The normalized spacial score (nSPS) is 12.2. The number of rotatable bonds is 12. The largest absolute Gasteiger partial charge is 0.497 e. The first-order chi connectivity index (χ1) is 16.5. The predicted octanol–water partition coefficient (Wildman–Crippen LogP) is 3.53. The summed E-state index contributed by atoms with van der Waals surface area (Å²) in [5.74, 6) is -0.0280. The van der Waals surface area contributed by atoms with Gasteiger partial charge in [-0.2, -0.15) is 0 Å². The highest BCUT2D eigenvalue weighted by molar-refractivity contribution is 7.92. The van der Waals surface area contributed by atoms with Crippen LogP contribution in [0.3, 0.4) is 0 Å². The van der Waals surface area contributed by atoms with E-state index in [9.17, 15) is 18.0 Å². The average molecular weight is 504 g/mol. The van der Waals surface area contributed by atoms with Gasteiger partial charge in [-0.05, 0) is 48.6 Å². The molecule has 1 unspecified atom stereocenters. The molecular formula is C26H37N3O5S. The van der Waals surface area contributed by atoms with E-state index in [2.05, 4.69) is 5.32 Å². The van der Waals surface area contributed by atoms with Crippen LogP contribution in [-0.2, 0) is 26.2 Å². The van der Waals surface area contributed by atoms with Gasteiger partial charge >= 0.3 is 0 Å². The van der Waals surface area contributed by atoms with Crippen LogP contribution < -0.4 is 14.4 Å². The SMILES string of the molecule is CCCNC(=O)C(C)N(Cc1ccc(OC)cc1)C(=O)CN(c1ccccc1C(C)C)S(C)(=O)=O. The number of anilines is 1. The van der Waals surface area contributed by atoms with Crippen molar-refractivity contribution in [3.8, 4) is 5.75 Å². The first-order valence-electron chi connectivity index (χ1n) is 11.8. The molecule has 2 amide bonds. The molecule has 35 heavy (non-hydrogen) atoms. The van der Waals surface area contributed by atoms with E-state index in [0.29, 0.717) is 18.0 Å². The third-order valence-corrected chi connectivity index (χ3v) is 6.86. The van der Waals surface area contributed by atoms with Crippen molar-refractivity contribution >= 4 is 27.5 Å². The fourth-order valence-electron chi connectivity index (χ4n) is 3.70. The molecule has 0 saturated carbocycles. The van der Waals surface area contributed by atoms with Gasteiger partial charge in [-0.3, -0.25) is 13.9 Å². The predicted molar refractivity (Wildman–Crippen MR) is 139 cm³/mol. The van der Waals surface area contributed by atoms with Gasteiger partial charge in [-0.15, -0.1) is 0 Å². The van der Waals surface area contributed by atoms with Crippen LogP contribution in [-0.4, -0.2) is 57.6 Å². The number of benzene rings is 2. The molecular weight excluding hydrogens is 466 g/mol. The van der Waals surface area contributed by atoms with Gasteiger partial charge in [0.2, 0.25) is 21.8 Å². The van der Waals surface area contributed by atoms with E-state index in [1.54, 1.807) is 38.3 Å². The summed E-state index contributed by atoms with van der Waals surface area (Å²) in [6.07, 6.45) is 1.85. The second kappa shape index (κ2) is 12.6. The van der Waals surface area contributed by atoms with Gasteiger partial charge in [0.1, 0.15) is 18.3 Å². The average Bonchev–Trinajstić information content (AvgIpc) is 2.83. The molecule has 8 nitrogen and oxygen atoms in total. The molecule has 2 aromatic carbocycles. The quantitative estimate of drug-likeness (QED) is 0.478. The van der Waals surface area contributed by atoms with Crippen LogP contribution in [0, 0.1) is 0 Å². The Morgan fingerprint density at radius 1 is 1.03 bits per heavy atom. The van der Waals surface area contributed by atoms with Crippen LogP contribution in [0.4, 0.5) is 5.69 Å². The van der Waals surface area contributed by atoms with Crippen molar-refractivity contribution in [2.45, 2.75) is 52.6 Å². The van der Waals surface area contributed by atoms with Crippen LogP contribution in [0.25, 0.3) is 0 Å². The van der Waals surface area contributed by atoms with Crippen molar-refractivity contribution in [1.82, 2.24) is 10.2 Å². The van der Waals surface area contributed by atoms with Crippen molar-refractivity contribution in [1.29, 1.82) is 0 Å². The molecule has 0 aliphatic rings. The second-order valence-electron chi connectivity index (χ2n) is 8.82. The highest BCUT2D eigenvalue weighted by Crippen LogP contribution is 2.29. The zero-order chi connectivity index (χ0) is 26.2. The number of ether oxygens (including phenoxy) is 1. The lowest BCUT2D eigenvalue weighted by Gasteiger charge is -2.32. The Labute approximate surface area is 209 Å².